The molecule has 1 aromatic rings. The first-order chi connectivity index (χ1) is 14.8. The van der Waals surface area contributed by atoms with Crippen molar-refractivity contribution in [1.82, 2.24) is 4.98 Å². The van der Waals surface area contributed by atoms with Gasteiger partial charge in [0.15, 0.2) is 0 Å². The van der Waals surface area contributed by atoms with Gasteiger partial charge in [-0.3, -0.25) is 4.98 Å². The first-order valence-electron chi connectivity index (χ1n) is 13.0. The molecule has 4 fully saturated rings. The van der Waals surface area contributed by atoms with Gasteiger partial charge >= 0.3 is 0 Å². The van der Waals surface area contributed by atoms with E-state index in [1.54, 1.807) is 7.11 Å². The normalized spacial score (nSPS) is 45.3. The zero-order valence-corrected chi connectivity index (χ0v) is 20.1. The maximum atomic E-state index is 10.6. The number of aliphatic hydroxyl groups is 1. The highest BCUT2D eigenvalue weighted by Gasteiger charge is 2.58. The SMILES string of the molecule is COc1cncc(C[C@H](C)C2CC[C@H]3[C@@H]4CC[C@@H]5C[C@](C)(O)CC[C@@H]5[C@H]4CC[C@]23C)c1. The summed E-state index contributed by atoms with van der Waals surface area (Å²) in [5, 5.41) is 10.6. The molecule has 1 N–H and O–H groups in total. The summed E-state index contributed by atoms with van der Waals surface area (Å²) in [7, 11) is 1.73. The first kappa shape index (κ1) is 21.7. The predicted molar refractivity (Wildman–Crippen MR) is 125 cm³/mol. The van der Waals surface area contributed by atoms with Crippen molar-refractivity contribution < 1.29 is 9.84 Å². The maximum absolute atomic E-state index is 10.6. The van der Waals surface area contributed by atoms with Crippen molar-refractivity contribution in [1.29, 1.82) is 0 Å². The molecule has 3 heteroatoms. The van der Waals surface area contributed by atoms with Crippen LogP contribution in [-0.2, 0) is 6.42 Å². The maximum Gasteiger partial charge on any atom is 0.137 e. The summed E-state index contributed by atoms with van der Waals surface area (Å²) in [6.45, 7) is 7.22. The molecule has 4 aliphatic rings. The molecule has 0 spiro atoms. The van der Waals surface area contributed by atoms with Crippen LogP contribution in [0.15, 0.2) is 18.5 Å². The van der Waals surface area contributed by atoms with Crippen LogP contribution in [-0.4, -0.2) is 22.8 Å². The Balaban J connectivity index is 1.30. The van der Waals surface area contributed by atoms with Crippen LogP contribution in [0.25, 0.3) is 0 Å². The van der Waals surface area contributed by atoms with Gasteiger partial charge < -0.3 is 9.84 Å². The van der Waals surface area contributed by atoms with E-state index in [1.165, 1.54) is 50.5 Å². The van der Waals surface area contributed by atoms with Crippen LogP contribution < -0.4 is 4.74 Å². The molecular weight excluding hydrogens is 382 g/mol. The minimum absolute atomic E-state index is 0.403. The van der Waals surface area contributed by atoms with Gasteiger partial charge in [0.1, 0.15) is 5.75 Å². The summed E-state index contributed by atoms with van der Waals surface area (Å²) >= 11 is 0. The van der Waals surface area contributed by atoms with Crippen molar-refractivity contribution in [2.45, 2.75) is 90.6 Å². The van der Waals surface area contributed by atoms with Crippen molar-refractivity contribution in [3.63, 3.8) is 0 Å². The highest BCUT2D eigenvalue weighted by atomic mass is 16.5. The first-order valence-corrected chi connectivity index (χ1v) is 13.0. The monoisotopic (exact) mass is 425 g/mol. The second kappa shape index (κ2) is 8.04. The molecule has 0 aliphatic heterocycles. The third-order valence-electron chi connectivity index (χ3n) is 10.6. The van der Waals surface area contributed by atoms with E-state index in [1.807, 2.05) is 12.4 Å². The Morgan fingerprint density at radius 1 is 1.03 bits per heavy atom. The Morgan fingerprint density at radius 3 is 2.65 bits per heavy atom. The lowest BCUT2D eigenvalue weighted by molar-refractivity contribution is -0.102. The highest BCUT2D eigenvalue weighted by molar-refractivity contribution is 5.24. The van der Waals surface area contributed by atoms with Crippen molar-refractivity contribution in [3.8, 4) is 5.75 Å². The van der Waals surface area contributed by atoms with E-state index < -0.39 is 5.60 Å². The van der Waals surface area contributed by atoms with Crippen molar-refractivity contribution >= 4 is 0 Å². The fourth-order valence-electron chi connectivity index (χ4n) is 9.26. The van der Waals surface area contributed by atoms with Gasteiger partial charge in [0.25, 0.3) is 0 Å². The van der Waals surface area contributed by atoms with Gasteiger partial charge in [-0.25, -0.2) is 0 Å². The van der Waals surface area contributed by atoms with Crippen LogP contribution in [0.5, 0.6) is 5.75 Å². The van der Waals surface area contributed by atoms with Gasteiger partial charge in [-0.05, 0) is 130 Å². The fraction of sp³-hybridized carbons (Fsp3) is 0.821. The van der Waals surface area contributed by atoms with Gasteiger partial charge in [-0.15, -0.1) is 0 Å². The number of fused-ring (bicyclic) bond motifs is 5. The van der Waals surface area contributed by atoms with E-state index in [4.69, 9.17) is 4.74 Å². The largest absolute Gasteiger partial charge is 0.495 e. The third-order valence-corrected chi connectivity index (χ3v) is 10.6. The van der Waals surface area contributed by atoms with Crippen LogP contribution in [0.4, 0.5) is 0 Å². The van der Waals surface area contributed by atoms with Gasteiger partial charge in [0.05, 0.1) is 18.9 Å². The van der Waals surface area contributed by atoms with Crippen LogP contribution >= 0.6 is 0 Å². The van der Waals surface area contributed by atoms with Gasteiger partial charge in [-0.2, -0.15) is 0 Å². The second-order valence-electron chi connectivity index (χ2n) is 12.3. The molecular formula is C28H43NO2. The molecule has 0 radical (unpaired) electrons. The highest BCUT2D eigenvalue weighted by Crippen LogP contribution is 2.65. The summed E-state index contributed by atoms with van der Waals surface area (Å²) in [5.74, 6) is 6.88. The molecule has 4 aliphatic carbocycles. The van der Waals surface area contributed by atoms with Crippen LogP contribution in [0.1, 0.15) is 84.1 Å². The Hall–Kier alpha value is -1.09. The lowest BCUT2D eigenvalue weighted by Crippen LogP contribution is -2.50. The van der Waals surface area contributed by atoms with E-state index in [0.29, 0.717) is 11.3 Å². The molecule has 0 aromatic carbocycles. The summed E-state index contributed by atoms with van der Waals surface area (Å²) in [5.41, 5.74) is 1.43. The van der Waals surface area contributed by atoms with Gasteiger partial charge in [0.2, 0.25) is 0 Å². The molecule has 5 rings (SSSR count). The number of nitrogens with zero attached hydrogens (tertiary/aromatic N) is 1. The van der Waals surface area contributed by atoms with Gasteiger partial charge in [-0.1, -0.05) is 13.8 Å². The number of ether oxygens (including phenoxy) is 1. The molecule has 1 heterocycles. The minimum Gasteiger partial charge on any atom is -0.495 e. The lowest BCUT2D eigenvalue weighted by Gasteiger charge is -2.57. The van der Waals surface area contributed by atoms with E-state index in [0.717, 1.165) is 60.5 Å². The Bertz CT molecular complexity index is 791. The average Bonchev–Trinajstić information content (AvgIpc) is 3.10. The molecule has 9 atom stereocenters. The Morgan fingerprint density at radius 2 is 1.84 bits per heavy atom. The van der Waals surface area contributed by atoms with E-state index >= 15 is 0 Å². The van der Waals surface area contributed by atoms with E-state index in [9.17, 15) is 5.11 Å². The Kier molecular flexibility index (Phi) is 5.64. The van der Waals surface area contributed by atoms with E-state index in [-0.39, 0.29) is 0 Å². The molecule has 1 unspecified atom stereocenters. The number of methoxy groups -OCH3 is 1. The van der Waals surface area contributed by atoms with Crippen LogP contribution in [0, 0.1) is 46.8 Å². The zero-order chi connectivity index (χ0) is 21.8. The quantitative estimate of drug-likeness (QED) is 0.616. The Labute approximate surface area is 189 Å². The predicted octanol–water partition coefficient (Wildman–Crippen LogP) is 6.29. The van der Waals surface area contributed by atoms with Crippen LogP contribution in [0.2, 0.25) is 0 Å². The molecule has 172 valence electrons. The topological polar surface area (TPSA) is 42.4 Å². The molecule has 1 aromatic heterocycles. The number of hydrogen-bond acceptors (Lipinski definition) is 3. The molecule has 0 saturated heterocycles. The summed E-state index contributed by atoms with van der Waals surface area (Å²) in [4.78, 5) is 4.39. The third kappa shape index (κ3) is 3.83. The summed E-state index contributed by atoms with van der Waals surface area (Å²) in [6.07, 6.45) is 16.8. The minimum atomic E-state index is -0.403. The molecule has 31 heavy (non-hydrogen) atoms. The smallest absolute Gasteiger partial charge is 0.137 e. The number of aromatic nitrogens is 1. The van der Waals surface area contributed by atoms with Crippen LogP contribution in [0.3, 0.4) is 0 Å². The fourth-order valence-corrected chi connectivity index (χ4v) is 9.26. The zero-order valence-electron chi connectivity index (χ0n) is 20.1. The number of pyridine rings is 1. The molecule has 3 nitrogen and oxygen atoms in total. The van der Waals surface area contributed by atoms with E-state index in [2.05, 4.69) is 31.8 Å². The van der Waals surface area contributed by atoms with Crippen molar-refractivity contribution in [3.05, 3.63) is 24.0 Å². The number of hydrogen-bond donors (Lipinski definition) is 1. The molecule has 4 saturated carbocycles. The average molecular weight is 426 g/mol. The van der Waals surface area contributed by atoms with Crippen molar-refractivity contribution in [2.75, 3.05) is 7.11 Å². The van der Waals surface area contributed by atoms with Gasteiger partial charge in [0, 0.05) is 6.20 Å². The van der Waals surface area contributed by atoms with Crippen molar-refractivity contribution in [2.24, 2.45) is 46.8 Å². The summed E-state index contributed by atoms with van der Waals surface area (Å²) in [6, 6.07) is 2.18. The standard InChI is InChI=1S/C28H43NO2/c1-18(13-19-14-21(31-4)17-29-16-19)25-7-8-26-24-6-5-20-15-27(2,30)11-9-22(20)23(24)10-12-28(25,26)3/h14,16-18,20,22-26,30H,5-13,15H2,1-4H3/t18-,20+,22-,23+,24+,25?,26-,27+,28+/m0/s1. The second-order valence-corrected chi connectivity index (χ2v) is 12.3. The molecule has 0 bridgehead atoms. The summed E-state index contributed by atoms with van der Waals surface area (Å²) < 4.78 is 5.40. The number of rotatable bonds is 4. The lowest BCUT2D eigenvalue weighted by atomic mass is 9.48. The molecule has 0 amide bonds.